The van der Waals surface area contributed by atoms with Crippen LogP contribution in [-0.2, 0) is 6.54 Å². The van der Waals surface area contributed by atoms with E-state index in [-0.39, 0.29) is 17.1 Å². The van der Waals surface area contributed by atoms with Crippen LogP contribution in [0.3, 0.4) is 0 Å². The lowest BCUT2D eigenvalue weighted by Crippen LogP contribution is -2.34. The minimum Gasteiger partial charge on any atom is -0.493 e. The molecule has 0 radical (unpaired) electrons. The van der Waals surface area contributed by atoms with Gasteiger partial charge in [0.2, 0.25) is 0 Å². The molecule has 10 nitrogen and oxygen atoms in total. The number of carbonyl (C=O) groups is 1. The molecule has 0 spiro atoms. The Morgan fingerprint density at radius 2 is 1.90 bits per heavy atom. The molecule has 4 aromatic rings. The SMILES string of the molecule is CCOc1cn(CC2CCCN(C)C2)nc1C(=O)Nc1ccc(Oc2ccnc3cc(OC)c(OC)cc23)cc1F. The number of amides is 1. The third-order valence-corrected chi connectivity index (χ3v) is 7.03. The van der Waals surface area contributed by atoms with E-state index in [1.165, 1.54) is 12.1 Å². The van der Waals surface area contributed by atoms with Gasteiger partial charge in [-0.15, -0.1) is 0 Å². The molecule has 216 valence electrons. The summed E-state index contributed by atoms with van der Waals surface area (Å²) < 4.78 is 39.3. The molecule has 1 aliphatic heterocycles. The van der Waals surface area contributed by atoms with Crippen molar-refractivity contribution in [3.8, 4) is 28.7 Å². The highest BCUT2D eigenvalue weighted by Crippen LogP contribution is 2.37. The van der Waals surface area contributed by atoms with Crippen LogP contribution in [0.1, 0.15) is 30.3 Å². The highest BCUT2D eigenvalue weighted by atomic mass is 19.1. The van der Waals surface area contributed by atoms with E-state index in [4.69, 9.17) is 18.9 Å². The predicted octanol–water partition coefficient (Wildman–Crippen LogP) is 5.37. The summed E-state index contributed by atoms with van der Waals surface area (Å²) in [6, 6.07) is 9.41. The number of pyridine rings is 1. The summed E-state index contributed by atoms with van der Waals surface area (Å²) in [5.74, 6) is 1.35. The Hall–Kier alpha value is -4.38. The van der Waals surface area contributed by atoms with Crippen molar-refractivity contribution in [2.45, 2.75) is 26.3 Å². The lowest BCUT2D eigenvalue weighted by Gasteiger charge is -2.29. The number of methoxy groups -OCH3 is 2. The molecule has 1 unspecified atom stereocenters. The Morgan fingerprint density at radius 3 is 2.63 bits per heavy atom. The Labute approximate surface area is 238 Å². The fourth-order valence-electron chi connectivity index (χ4n) is 5.11. The second-order valence-corrected chi connectivity index (χ2v) is 10.00. The normalized spacial score (nSPS) is 15.5. The number of carbonyl (C=O) groups excluding carboxylic acids is 1. The van der Waals surface area contributed by atoms with Gasteiger partial charge in [-0.3, -0.25) is 14.5 Å². The van der Waals surface area contributed by atoms with Gasteiger partial charge in [0.15, 0.2) is 22.9 Å². The van der Waals surface area contributed by atoms with Crippen LogP contribution in [0.2, 0.25) is 0 Å². The van der Waals surface area contributed by atoms with E-state index in [0.717, 1.165) is 25.9 Å². The largest absolute Gasteiger partial charge is 0.493 e. The lowest BCUT2D eigenvalue weighted by molar-refractivity contribution is 0.101. The van der Waals surface area contributed by atoms with Crippen LogP contribution in [-0.4, -0.2) is 66.5 Å². The Balaban J connectivity index is 1.32. The van der Waals surface area contributed by atoms with E-state index in [2.05, 4.69) is 27.3 Å². The maximum atomic E-state index is 15.2. The number of aromatic nitrogens is 3. The molecular formula is C30H34FN5O5. The first-order chi connectivity index (χ1) is 19.9. The van der Waals surface area contributed by atoms with Crippen molar-refractivity contribution >= 4 is 22.5 Å². The zero-order valence-electron chi connectivity index (χ0n) is 23.6. The molecule has 0 saturated carbocycles. The van der Waals surface area contributed by atoms with Gasteiger partial charge in [-0.05, 0) is 63.5 Å². The van der Waals surface area contributed by atoms with Crippen LogP contribution in [0.5, 0.6) is 28.7 Å². The average molecular weight is 564 g/mol. The molecule has 3 heterocycles. The number of rotatable bonds is 10. The van der Waals surface area contributed by atoms with Gasteiger partial charge in [0, 0.05) is 36.8 Å². The zero-order chi connectivity index (χ0) is 28.9. The van der Waals surface area contributed by atoms with Gasteiger partial charge >= 0.3 is 0 Å². The number of piperidine rings is 1. The number of likely N-dealkylation sites (tertiary alicyclic amines) is 1. The van der Waals surface area contributed by atoms with Crippen molar-refractivity contribution in [1.29, 1.82) is 0 Å². The van der Waals surface area contributed by atoms with Crippen LogP contribution < -0.4 is 24.3 Å². The minimum atomic E-state index is -0.656. The molecule has 0 bridgehead atoms. The monoisotopic (exact) mass is 563 g/mol. The van der Waals surface area contributed by atoms with Gasteiger partial charge in [0.25, 0.3) is 5.91 Å². The van der Waals surface area contributed by atoms with Crippen molar-refractivity contribution < 1.29 is 28.1 Å². The van der Waals surface area contributed by atoms with E-state index in [9.17, 15) is 4.79 Å². The molecule has 0 aliphatic carbocycles. The number of benzene rings is 2. The average Bonchev–Trinajstić information content (AvgIpc) is 3.36. The number of nitrogens with one attached hydrogen (secondary N) is 1. The van der Waals surface area contributed by atoms with Crippen molar-refractivity contribution in [1.82, 2.24) is 19.7 Å². The zero-order valence-corrected chi connectivity index (χ0v) is 23.6. The third kappa shape index (κ3) is 6.35. The molecule has 1 fully saturated rings. The maximum Gasteiger partial charge on any atom is 0.280 e. The smallest absolute Gasteiger partial charge is 0.280 e. The molecule has 1 atom stereocenters. The van der Waals surface area contributed by atoms with E-state index in [1.807, 2.05) is 6.92 Å². The number of hydrogen-bond donors (Lipinski definition) is 1. The van der Waals surface area contributed by atoms with Gasteiger partial charge in [0.1, 0.15) is 17.3 Å². The fourth-order valence-corrected chi connectivity index (χ4v) is 5.11. The Bertz CT molecular complexity index is 1540. The molecule has 1 N–H and O–H groups in total. The molecule has 1 saturated heterocycles. The van der Waals surface area contributed by atoms with Crippen molar-refractivity contribution in [2.75, 3.05) is 46.3 Å². The van der Waals surface area contributed by atoms with Gasteiger partial charge in [-0.1, -0.05) is 0 Å². The lowest BCUT2D eigenvalue weighted by atomic mass is 9.99. The Morgan fingerprint density at radius 1 is 1.10 bits per heavy atom. The standard InChI is InChI=1S/C30H34FN5O5/c1-5-40-28-18-36(17-19-7-6-12-35(2)16-19)34-29(28)30(37)33-23-9-8-20(13-22(23)31)41-25-10-11-32-24-15-27(39-4)26(38-3)14-21(24)25/h8-11,13-15,18-19H,5-7,12,16-17H2,1-4H3,(H,33,37). The topological polar surface area (TPSA) is 100.0 Å². The summed E-state index contributed by atoms with van der Waals surface area (Å²) in [5.41, 5.74) is 0.743. The van der Waals surface area contributed by atoms with E-state index < -0.39 is 11.7 Å². The summed E-state index contributed by atoms with van der Waals surface area (Å²) in [7, 11) is 5.20. The van der Waals surface area contributed by atoms with E-state index in [1.54, 1.807) is 55.6 Å². The first-order valence-corrected chi connectivity index (χ1v) is 13.6. The van der Waals surface area contributed by atoms with Gasteiger partial charge < -0.3 is 29.2 Å². The number of halogens is 1. The van der Waals surface area contributed by atoms with Crippen LogP contribution in [0, 0.1) is 11.7 Å². The number of fused-ring (bicyclic) bond motifs is 1. The molecule has 41 heavy (non-hydrogen) atoms. The number of nitrogens with zero attached hydrogens (tertiary/aromatic N) is 4. The van der Waals surface area contributed by atoms with Crippen LogP contribution >= 0.6 is 0 Å². The van der Waals surface area contributed by atoms with Crippen LogP contribution in [0.15, 0.2) is 48.8 Å². The second kappa shape index (κ2) is 12.4. The summed E-state index contributed by atoms with van der Waals surface area (Å²) in [5, 5.41) is 7.78. The summed E-state index contributed by atoms with van der Waals surface area (Å²) in [6.07, 6.45) is 5.57. The van der Waals surface area contributed by atoms with E-state index >= 15 is 4.39 Å². The highest BCUT2D eigenvalue weighted by molar-refractivity contribution is 6.04. The minimum absolute atomic E-state index is 0.000698. The molecule has 11 heteroatoms. The van der Waals surface area contributed by atoms with Crippen molar-refractivity contribution in [3.05, 3.63) is 60.3 Å². The predicted molar refractivity (Wildman–Crippen MR) is 153 cm³/mol. The first-order valence-electron chi connectivity index (χ1n) is 13.6. The molecule has 2 aromatic heterocycles. The summed E-state index contributed by atoms with van der Waals surface area (Å²) in [6.45, 7) is 4.96. The quantitative estimate of drug-likeness (QED) is 0.275. The van der Waals surface area contributed by atoms with Crippen LogP contribution in [0.4, 0.5) is 10.1 Å². The molecule has 1 aliphatic rings. The first kappa shape index (κ1) is 28.2. The number of ether oxygens (including phenoxy) is 4. The maximum absolute atomic E-state index is 15.2. The highest BCUT2D eigenvalue weighted by Gasteiger charge is 2.23. The van der Waals surface area contributed by atoms with Crippen molar-refractivity contribution in [3.63, 3.8) is 0 Å². The third-order valence-electron chi connectivity index (χ3n) is 7.03. The van der Waals surface area contributed by atoms with Crippen molar-refractivity contribution in [2.24, 2.45) is 5.92 Å². The molecule has 5 rings (SSSR count). The van der Waals surface area contributed by atoms with Gasteiger partial charge in [-0.25, -0.2) is 4.39 Å². The second-order valence-electron chi connectivity index (χ2n) is 10.00. The van der Waals surface area contributed by atoms with Crippen LogP contribution in [0.25, 0.3) is 10.9 Å². The molecule has 2 aromatic carbocycles. The van der Waals surface area contributed by atoms with Gasteiger partial charge in [-0.2, -0.15) is 5.10 Å². The van der Waals surface area contributed by atoms with E-state index in [0.29, 0.717) is 53.0 Å². The molecular weight excluding hydrogens is 529 g/mol. The summed E-state index contributed by atoms with van der Waals surface area (Å²) >= 11 is 0. The number of anilines is 1. The fraction of sp³-hybridized carbons (Fsp3) is 0.367. The van der Waals surface area contributed by atoms with Gasteiger partial charge in [0.05, 0.1) is 38.2 Å². The number of hydrogen-bond acceptors (Lipinski definition) is 8. The Kier molecular flexibility index (Phi) is 8.53. The summed E-state index contributed by atoms with van der Waals surface area (Å²) in [4.78, 5) is 19.8. The molecule has 1 amide bonds.